The molecule has 2 nitrogen and oxygen atoms in total. The molecule has 9 heavy (non-hydrogen) atoms. The van der Waals surface area contributed by atoms with Crippen molar-refractivity contribution in [2.24, 2.45) is 0 Å². The molecule has 1 fully saturated rings. The first-order chi connectivity index (χ1) is 4.24. The fraction of sp³-hybridized carbons (Fsp3) is 1.00. The van der Waals surface area contributed by atoms with E-state index < -0.39 is 0 Å². The Balaban J connectivity index is 2.38. The SMILES string of the molecule is CC1OC(C)C(CBr)O1. The van der Waals surface area contributed by atoms with Gasteiger partial charge in [-0.2, -0.15) is 0 Å². The maximum atomic E-state index is 5.35. The molecule has 0 bridgehead atoms. The van der Waals surface area contributed by atoms with Gasteiger partial charge >= 0.3 is 0 Å². The van der Waals surface area contributed by atoms with Gasteiger partial charge in [0.2, 0.25) is 0 Å². The summed E-state index contributed by atoms with van der Waals surface area (Å²) >= 11 is 3.34. The first-order valence-electron chi connectivity index (χ1n) is 3.11. The number of hydrogen-bond donors (Lipinski definition) is 0. The summed E-state index contributed by atoms with van der Waals surface area (Å²) in [5.41, 5.74) is 0. The number of alkyl halides is 1. The molecule has 54 valence electrons. The Kier molecular flexibility index (Phi) is 2.50. The molecule has 3 heteroatoms. The fourth-order valence-electron chi connectivity index (χ4n) is 0.941. The second-order valence-electron chi connectivity index (χ2n) is 2.24. The minimum absolute atomic E-state index is 0.0254. The largest absolute Gasteiger partial charge is 0.347 e. The van der Waals surface area contributed by atoms with Gasteiger partial charge in [-0.15, -0.1) is 0 Å². The topological polar surface area (TPSA) is 18.5 Å². The molecular weight excluding hydrogens is 184 g/mol. The second-order valence-corrected chi connectivity index (χ2v) is 2.89. The fourth-order valence-corrected chi connectivity index (χ4v) is 1.62. The summed E-state index contributed by atoms with van der Waals surface area (Å²) in [4.78, 5) is 0. The van der Waals surface area contributed by atoms with Gasteiger partial charge in [-0.1, -0.05) is 15.9 Å². The molecule has 0 aromatic carbocycles. The standard InChI is InChI=1S/C6H11BrO2/c1-4-6(3-7)9-5(2)8-4/h4-6H,3H2,1-2H3. The summed E-state index contributed by atoms with van der Waals surface area (Å²) in [7, 11) is 0. The molecule has 0 saturated carbocycles. The monoisotopic (exact) mass is 194 g/mol. The van der Waals surface area contributed by atoms with Crippen LogP contribution in [-0.2, 0) is 9.47 Å². The Morgan fingerprint density at radius 1 is 1.33 bits per heavy atom. The van der Waals surface area contributed by atoms with Crippen LogP contribution in [-0.4, -0.2) is 23.8 Å². The normalized spacial score (nSPS) is 43.7. The Hall–Kier alpha value is 0.400. The van der Waals surface area contributed by atoms with E-state index in [9.17, 15) is 0 Å². The number of hydrogen-bond acceptors (Lipinski definition) is 2. The molecule has 1 aliphatic rings. The Morgan fingerprint density at radius 3 is 2.22 bits per heavy atom. The van der Waals surface area contributed by atoms with Crippen LogP contribution in [0.15, 0.2) is 0 Å². The van der Waals surface area contributed by atoms with Crippen molar-refractivity contribution in [3.8, 4) is 0 Å². The molecule has 0 spiro atoms. The zero-order valence-corrected chi connectivity index (χ0v) is 7.22. The predicted molar refractivity (Wildman–Crippen MR) is 38.7 cm³/mol. The zero-order chi connectivity index (χ0) is 6.85. The lowest BCUT2D eigenvalue weighted by Crippen LogP contribution is -2.19. The van der Waals surface area contributed by atoms with Gasteiger partial charge in [-0.25, -0.2) is 0 Å². The van der Waals surface area contributed by atoms with Crippen LogP contribution in [0.25, 0.3) is 0 Å². The van der Waals surface area contributed by atoms with E-state index in [2.05, 4.69) is 15.9 Å². The highest BCUT2D eigenvalue weighted by Gasteiger charge is 2.28. The van der Waals surface area contributed by atoms with E-state index in [-0.39, 0.29) is 18.5 Å². The van der Waals surface area contributed by atoms with Gasteiger partial charge in [0.1, 0.15) is 0 Å². The van der Waals surface area contributed by atoms with Gasteiger partial charge in [0, 0.05) is 5.33 Å². The molecular formula is C6H11BrO2. The van der Waals surface area contributed by atoms with Crippen LogP contribution in [0.3, 0.4) is 0 Å². The van der Waals surface area contributed by atoms with E-state index >= 15 is 0 Å². The van der Waals surface area contributed by atoms with Crippen molar-refractivity contribution >= 4 is 15.9 Å². The lowest BCUT2D eigenvalue weighted by molar-refractivity contribution is -0.0464. The highest BCUT2D eigenvalue weighted by atomic mass is 79.9. The molecule has 0 radical (unpaired) electrons. The lowest BCUT2D eigenvalue weighted by Gasteiger charge is -2.06. The first kappa shape index (κ1) is 7.51. The van der Waals surface area contributed by atoms with E-state index in [1.165, 1.54) is 0 Å². The van der Waals surface area contributed by atoms with E-state index in [0.29, 0.717) is 0 Å². The maximum absolute atomic E-state index is 5.35. The Labute approximate surface area is 63.7 Å². The van der Waals surface area contributed by atoms with E-state index in [4.69, 9.17) is 9.47 Å². The molecule has 0 aromatic heterocycles. The summed E-state index contributed by atoms with van der Waals surface area (Å²) in [5, 5.41) is 0.860. The third-order valence-electron chi connectivity index (χ3n) is 1.45. The number of ether oxygens (including phenoxy) is 2. The van der Waals surface area contributed by atoms with Crippen molar-refractivity contribution in [1.82, 2.24) is 0 Å². The van der Waals surface area contributed by atoms with Crippen molar-refractivity contribution in [2.45, 2.75) is 32.3 Å². The van der Waals surface area contributed by atoms with Crippen LogP contribution in [0.4, 0.5) is 0 Å². The van der Waals surface area contributed by atoms with Gasteiger partial charge in [-0.05, 0) is 13.8 Å². The average molecular weight is 195 g/mol. The third kappa shape index (κ3) is 1.66. The summed E-state index contributed by atoms with van der Waals surface area (Å²) in [6.07, 6.45) is 0.446. The van der Waals surface area contributed by atoms with Crippen molar-refractivity contribution < 1.29 is 9.47 Å². The zero-order valence-electron chi connectivity index (χ0n) is 5.63. The molecule has 1 heterocycles. The van der Waals surface area contributed by atoms with E-state index in [1.54, 1.807) is 0 Å². The molecule has 1 rings (SSSR count). The third-order valence-corrected chi connectivity index (χ3v) is 2.09. The molecule has 3 unspecified atom stereocenters. The molecule has 1 aliphatic heterocycles. The van der Waals surface area contributed by atoms with Crippen LogP contribution in [0, 0.1) is 0 Å². The van der Waals surface area contributed by atoms with Crippen molar-refractivity contribution in [3.63, 3.8) is 0 Å². The van der Waals surface area contributed by atoms with Gasteiger partial charge < -0.3 is 9.47 Å². The van der Waals surface area contributed by atoms with E-state index in [1.807, 2.05) is 13.8 Å². The molecule has 0 N–H and O–H groups in total. The van der Waals surface area contributed by atoms with Crippen LogP contribution in [0.5, 0.6) is 0 Å². The predicted octanol–water partition coefficient (Wildman–Crippen LogP) is 1.53. The quantitative estimate of drug-likeness (QED) is 0.590. The van der Waals surface area contributed by atoms with Crippen LogP contribution in [0.2, 0.25) is 0 Å². The smallest absolute Gasteiger partial charge is 0.155 e. The number of rotatable bonds is 1. The van der Waals surface area contributed by atoms with Crippen LogP contribution < -0.4 is 0 Å². The maximum Gasteiger partial charge on any atom is 0.155 e. The average Bonchev–Trinajstić information content (AvgIpc) is 2.10. The van der Waals surface area contributed by atoms with Crippen LogP contribution in [0.1, 0.15) is 13.8 Å². The second kappa shape index (κ2) is 2.99. The Morgan fingerprint density at radius 2 is 2.00 bits per heavy atom. The highest BCUT2D eigenvalue weighted by Crippen LogP contribution is 2.19. The highest BCUT2D eigenvalue weighted by molar-refractivity contribution is 9.09. The van der Waals surface area contributed by atoms with E-state index in [0.717, 1.165) is 5.33 Å². The van der Waals surface area contributed by atoms with Gasteiger partial charge in [0.25, 0.3) is 0 Å². The first-order valence-corrected chi connectivity index (χ1v) is 4.23. The molecule has 0 aliphatic carbocycles. The molecule has 3 atom stereocenters. The Bertz CT molecular complexity index is 97.1. The minimum atomic E-state index is -0.0254. The van der Waals surface area contributed by atoms with Gasteiger partial charge in [-0.3, -0.25) is 0 Å². The van der Waals surface area contributed by atoms with Gasteiger partial charge in [0.05, 0.1) is 12.2 Å². The molecule has 1 saturated heterocycles. The summed E-state index contributed by atoms with van der Waals surface area (Å²) in [6.45, 7) is 3.94. The number of halogens is 1. The minimum Gasteiger partial charge on any atom is -0.347 e. The molecule has 0 aromatic rings. The van der Waals surface area contributed by atoms with Crippen molar-refractivity contribution in [2.75, 3.05) is 5.33 Å². The summed E-state index contributed by atoms with van der Waals surface area (Å²) in [6, 6.07) is 0. The summed E-state index contributed by atoms with van der Waals surface area (Å²) < 4.78 is 10.7. The van der Waals surface area contributed by atoms with Crippen molar-refractivity contribution in [1.29, 1.82) is 0 Å². The van der Waals surface area contributed by atoms with Crippen molar-refractivity contribution in [3.05, 3.63) is 0 Å². The molecule has 0 amide bonds. The van der Waals surface area contributed by atoms with Gasteiger partial charge in [0.15, 0.2) is 6.29 Å². The lowest BCUT2D eigenvalue weighted by atomic mass is 10.3. The van der Waals surface area contributed by atoms with Crippen LogP contribution >= 0.6 is 15.9 Å². The summed E-state index contributed by atoms with van der Waals surface area (Å²) in [5.74, 6) is 0.